The van der Waals surface area contributed by atoms with Crippen LogP contribution in [0.4, 0.5) is 13.2 Å². The first kappa shape index (κ1) is 15.7. The van der Waals surface area contributed by atoms with E-state index >= 15 is 0 Å². The third kappa shape index (κ3) is 3.37. The van der Waals surface area contributed by atoms with Gasteiger partial charge in [0.15, 0.2) is 0 Å². The average Bonchev–Trinajstić information content (AvgIpc) is 2.63. The molecule has 0 aliphatic rings. The number of rotatable bonds is 1. The fourth-order valence-corrected chi connectivity index (χ4v) is 1.68. The standard InChI is InChI=1S/C12H8ClF3O.Y/c1-7-2-5-11(17-7)9-6-8(12(14,15)16)3-4-10(9)13;/h2-6H,1H3;. The Morgan fingerprint density at radius 2 is 1.78 bits per heavy atom. The van der Waals surface area contributed by atoms with Crippen molar-refractivity contribution < 1.29 is 50.3 Å². The second-order valence-electron chi connectivity index (χ2n) is 3.60. The van der Waals surface area contributed by atoms with Gasteiger partial charge in [-0.05, 0) is 37.3 Å². The Morgan fingerprint density at radius 1 is 1.11 bits per heavy atom. The molecule has 2 aromatic rings. The van der Waals surface area contributed by atoms with Gasteiger partial charge < -0.3 is 4.42 Å². The zero-order valence-electron chi connectivity index (χ0n) is 9.38. The van der Waals surface area contributed by atoms with Crippen molar-refractivity contribution in [3.05, 3.63) is 46.7 Å². The van der Waals surface area contributed by atoms with Gasteiger partial charge in [-0.3, -0.25) is 0 Å². The zero-order chi connectivity index (χ0) is 12.6. The summed E-state index contributed by atoms with van der Waals surface area (Å²) in [6, 6.07) is 6.42. The summed E-state index contributed by atoms with van der Waals surface area (Å²) in [5.41, 5.74) is -0.499. The molecular formula is C12H8ClF3OY. The average molecular weight is 350 g/mol. The number of furan rings is 1. The minimum atomic E-state index is -4.39. The molecule has 0 bridgehead atoms. The summed E-state index contributed by atoms with van der Waals surface area (Å²) in [6.07, 6.45) is -4.39. The van der Waals surface area contributed by atoms with Crippen LogP contribution in [0.25, 0.3) is 11.3 Å². The molecule has 0 aliphatic carbocycles. The van der Waals surface area contributed by atoms with Crippen molar-refractivity contribution in [3.8, 4) is 11.3 Å². The van der Waals surface area contributed by atoms with Gasteiger partial charge in [0.1, 0.15) is 11.5 Å². The van der Waals surface area contributed by atoms with Crippen LogP contribution in [0, 0.1) is 6.92 Å². The van der Waals surface area contributed by atoms with E-state index in [1.165, 1.54) is 6.07 Å². The van der Waals surface area contributed by atoms with Gasteiger partial charge in [-0.1, -0.05) is 11.6 Å². The fourth-order valence-electron chi connectivity index (χ4n) is 1.47. The number of alkyl halides is 3. The van der Waals surface area contributed by atoms with E-state index in [0.717, 1.165) is 12.1 Å². The summed E-state index contributed by atoms with van der Waals surface area (Å²) in [5, 5.41) is 0.229. The molecule has 1 nitrogen and oxygen atoms in total. The Morgan fingerprint density at radius 3 is 2.28 bits per heavy atom. The summed E-state index contributed by atoms with van der Waals surface area (Å²) < 4.78 is 42.9. The van der Waals surface area contributed by atoms with Gasteiger partial charge in [-0.2, -0.15) is 13.2 Å². The predicted molar refractivity (Wildman–Crippen MR) is 58.9 cm³/mol. The normalized spacial score (nSPS) is 11.2. The van der Waals surface area contributed by atoms with Crippen LogP contribution in [0.1, 0.15) is 11.3 Å². The van der Waals surface area contributed by atoms with Crippen LogP contribution in [0.5, 0.6) is 0 Å². The summed E-state index contributed by atoms with van der Waals surface area (Å²) in [4.78, 5) is 0. The van der Waals surface area contributed by atoms with E-state index in [1.807, 2.05) is 0 Å². The summed E-state index contributed by atoms with van der Waals surface area (Å²) >= 11 is 5.86. The second-order valence-corrected chi connectivity index (χ2v) is 4.01. The molecule has 0 unspecified atom stereocenters. The minimum absolute atomic E-state index is 0. The molecule has 0 N–H and O–H groups in total. The molecule has 1 heterocycles. The van der Waals surface area contributed by atoms with E-state index < -0.39 is 11.7 Å². The van der Waals surface area contributed by atoms with Gasteiger partial charge in [-0.15, -0.1) is 0 Å². The van der Waals surface area contributed by atoms with Crippen LogP contribution in [-0.4, -0.2) is 0 Å². The smallest absolute Gasteiger partial charge is 0.416 e. The molecule has 0 spiro atoms. The van der Waals surface area contributed by atoms with Crippen LogP contribution in [0.15, 0.2) is 34.7 Å². The Balaban J connectivity index is 0.00000162. The molecule has 0 saturated heterocycles. The molecule has 1 radical (unpaired) electrons. The van der Waals surface area contributed by atoms with Crippen LogP contribution < -0.4 is 0 Å². The Bertz CT molecular complexity index is 548. The molecule has 0 atom stereocenters. The molecule has 1 aromatic carbocycles. The van der Waals surface area contributed by atoms with Crippen molar-refractivity contribution >= 4 is 11.6 Å². The maximum absolute atomic E-state index is 12.5. The Kier molecular flexibility index (Phi) is 5.04. The first-order valence-corrected chi connectivity index (χ1v) is 5.19. The summed E-state index contributed by atoms with van der Waals surface area (Å²) in [5.74, 6) is 0.951. The van der Waals surface area contributed by atoms with E-state index in [9.17, 15) is 13.2 Å². The largest absolute Gasteiger partial charge is 0.461 e. The fraction of sp³-hybridized carbons (Fsp3) is 0.167. The molecule has 6 heteroatoms. The first-order chi connectivity index (χ1) is 7.88. The number of benzene rings is 1. The minimum Gasteiger partial charge on any atom is -0.461 e. The third-order valence-corrected chi connectivity index (χ3v) is 2.63. The summed E-state index contributed by atoms with van der Waals surface area (Å²) in [6.45, 7) is 1.71. The van der Waals surface area contributed by atoms with Crippen molar-refractivity contribution in [2.75, 3.05) is 0 Å². The molecule has 2 rings (SSSR count). The maximum Gasteiger partial charge on any atom is 0.416 e. The van der Waals surface area contributed by atoms with E-state index in [1.54, 1.807) is 19.1 Å². The molecular weight excluding hydrogens is 341 g/mol. The van der Waals surface area contributed by atoms with Crippen molar-refractivity contribution in [3.63, 3.8) is 0 Å². The molecule has 0 aliphatic heterocycles. The monoisotopic (exact) mass is 349 g/mol. The van der Waals surface area contributed by atoms with E-state index in [2.05, 4.69) is 0 Å². The number of hydrogen-bond acceptors (Lipinski definition) is 1. The van der Waals surface area contributed by atoms with Gasteiger partial charge in [-0.25, -0.2) is 0 Å². The van der Waals surface area contributed by atoms with Gasteiger partial charge >= 0.3 is 6.18 Å². The number of hydrogen-bond donors (Lipinski definition) is 0. The first-order valence-electron chi connectivity index (χ1n) is 4.81. The van der Waals surface area contributed by atoms with Crippen LogP contribution in [0.3, 0.4) is 0 Å². The zero-order valence-corrected chi connectivity index (χ0v) is 13.0. The van der Waals surface area contributed by atoms with Crippen molar-refractivity contribution in [1.82, 2.24) is 0 Å². The van der Waals surface area contributed by atoms with Gasteiger partial charge in [0.25, 0.3) is 0 Å². The second kappa shape index (κ2) is 5.76. The van der Waals surface area contributed by atoms with Crippen LogP contribution >= 0.6 is 11.6 Å². The number of aryl methyl sites for hydroxylation is 1. The van der Waals surface area contributed by atoms with E-state index in [0.29, 0.717) is 11.5 Å². The van der Waals surface area contributed by atoms with Gasteiger partial charge in [0.05, 0.1) is 10.6 Å². The quantitative estimate of drug-likeness (QED) is 0.712. The predicted octanol–water partition coefficient (Wildman–Crippen LogP) is 4.92. The third-order valence-electron chi connectivity index (χ3n) is 2.30. The van der Waals surface area contributed by atoms with Crippen molar-refractivity contribution in [1.29, 1.82) is 0 Å². The summed E-state index contributed by atoms with van der Waals surface area (Å²) in [7, 11) is 0. The number of halogens is 4. The SMILES string of the molecule is Cc1ccc(-c2cc(C(F)(F)F)ccc2Cl)o1.[Y]. The van der Waals surface area contributed by atoms with Crippen molar-refractivity contribution in [2.45, 2.75) is 13.1 Å². The van der Waals surface area contributed by atoms with E-state index in [-0.39, 0.29) is 43.3 Å². The molecule has 0 fully saturated rings. The molecule has 18 heavy (non-hydrogen) atoms. The van der Waals surface area contributed by atoms with Crippen LogP contribution in [0.2, 0.25) is 5.02 Å². The van der Waals surface area contributed by atoms with Crippen molar-refractivity contribution in [2.24, 2.45) is 0 Å². The Hall–Kier alpha value is -0.316. The maximum atomic E-state index is 12.5. The molecule has 0 amide bonds. The topological polar surface area (TPSA) is 13.1 Å². The molecule has 1 aromatic heterocycles. The van der Waals surface area contributed by atoms with E-state index in [4.69, 9.17) is 16.0 Å². The van der Waals surface area contributed by atoms with Gasteiger partial charge in [0, 0.05) is 38.3 Å². The Labute approximate surface area is 132 Å². The molecule has 0 saturated carbocycles. The van der Waals surface area contributed by atoms with Crippen LogP contribution in [-0.2, 0) is 38.9 Å². The molecule has 93 valence electrons. The van der Waals surface area contributed by atoms with Gasteiger partial charge in [0.2, 0.25) is 0 Å².